The Hall–Kier alpha value is -2.69. The third kappa shape index (κ3) is 5.71. The van der Waals surface area contributed by atoms with Crippen molar-refractivity contribution in [1.29, 1.82) is 0 Å². The monoisotopic (exact) mass is 342 g/mol. The number of amides is 1. The highest BCUT2D eigenvalue weighted by atomic mass is 19.1. The maximum atomic E-state index is 13.2. The largest absolute Gasteiger partial charge is 0.386 e. The average molecular weight is 342 g/mol. The number of hydrogen-bond donors (Lipinski definition) is 1. The maximum Gasteiger partial charge on any atom is 0.265 e. The fourth-order valence-corrected chi connectivity index (χ4v) is 2.18. The van der Waals surface area contributed by atoms with E-state index in [1.807, 2.05) is 24.3 Å². The number of nitrogens with one attached hydrogen (secondary N) is 1. The van der Waals surface area contributed by atoms with Crippen molar-refractivity contribution in [2.45, 2.75) is 33.1 Å². The molecule has 0 aliphatic rings. The molecule has 1 amide bonds. The Bertz CT molecular complexity index is 762. The fourth-order valence-electron chi connectivity index (χ4n) is 2.18. The summed E-state index contributed by atoms with van der Waals surface area (Å²) in [7, 11) is 0. The number of hydrogen-bond acceptors (Lipinski definition) is 3. The number of halogens is 1. The van der Waals surface area contributed by atoms with Crippen LogP contribution < -0.4 is 5.32 Å². The molecule has 0 radical (unpaired) electrons. The van der Waals surface area contributed by atoms with Crippen molar-refractivity contribution in [3.8, 4) is 0 Å². The van der Waals surface area contributed by atoms with Crippen LogP contribution in [-0.4, -0.2) is 18.7 Å². The standard InChI is InChI=1S/C20H23FN2O2/c1-14-5-10-17(21)11-18(14)23-19(24)13-25-22-12-15-6-8-16(9-7-15)20(2,3)4/h5-12H,13H2,1-4H3,(H,23,24). The van der Waals surface area contributed by atoms with Gasteiger partial charge in [0.2, 0.25) is 0 Å². The number of rotatable bonds is 5. The predicted molar refractivity (Wildman–Crippen MR) is 98.5 cm³/mol. The molecule has 0 aromatic heterocycles. The minimum Gasteiger partial charge on any atom is -0.386 e. The van der Waals surface area contributed by atoms with Crippen molar-refractivity contribution in [3.05, 3.63) is 65.0 Å². The SMILES string of the molecule is Cc1ccc(F)cc1NC(=O)CON=Cc1ccc(C(C)(C)C)cc1. The number of oxime groups is 1. The molecule has 5 heteroatoms. The first-order valence-corrected chi connectivity index (χ1v) is 8.07. The van der Waals surface area contributed by atoms with Gasteiger partial charge in [0.25, 0.3) is 5.91 Å². The lowest BCUT2D eigenvalue weighted by molar-refractivity contribution is -0.120. The maximum absolute atomic E-state index is 13.2. The molecule has 2 aromatic rings. The molecule has 0 spiro atoms. The lowest BCUT2D eigenvalue weighted by Crippen LogP contribution is -2.17. The Morgan fingerprint density at radius 2 is 1.88 bits per heavy atom. The van der Waals surface area contributed by atoms with Crippen LogP contribution >= 0.6 is 0 Å². The van der Waals surface area contributed by atoms with Crippen LogP contribution in [0.5, 0.6) is 0 Å². The molecule has 0 unspecified atom stereocenters. The summed E-state index contributed by atoms with van der Waals surface area (Å²) >= 11 is 0. The topological polar surface area (TPSA) is 50.7 Å². The van der Waals surface area contributed by atoms with Crippen LogP contribution in [0.2, 0.25) is 0 Å². The number of aryl methyl sites for hydroxylation is 1. The lowest BCUT2D eigenvalue weighted by Gasteiger charge is -2.18. The van der Waals surface area contributed by atoms with E-state index in [1.165, 1.54) is 17.7 Å². The molecule has 2 aromatic carbocycles. The van der Waals surface area contributed by atoms with Gasteiger partial charge in [-0.3, -0.25) is 4.79 Å². The highest BCUT2D eigenvalue weighted by Gasteiger charge is 2.12. The molecule has 0 heterocycles. The van der Waals surface area contributed by atoms with Crippen LogP contribution in [-0.2, 0) is 15.0 Å². The number of carbonyl (C=O) groups is 1. The van der Waals surface area contributed by atoms with Crippen molar-refractivity contribution < 1.29 is 14.0 Å². The summed E-state index contributed by atoms with van der Waals surface area (Å²) < 4.78 is 13.2. The molecule has 1 N–H and O–H groups in total. The lowest BCUT2D eigenvalue weighted by atomic mass is 9.87. The van der Waals surface area contributed by atoms with Gasteiger partial charge >= 0.3 is 0 Å². The van der Waals surface area contributed by atoms with Crippen LogP contribution in [0.3, 0.4) is 0 Å². The molecule has 0 bridgehead atoms. The van der Waals surface area contributed by atoms with Gasteiger partial charge in [-0.15, -0.1) is 0 Å². The number of anilines is 1. The first-order valence-electron chi connectivity index (χ1n) is 8.07. The third-order valence-electron chi connectivity index (χ3n) is 3.72. The second-order valence-electron chi connectivity index (χ2n) is 6.89. The Morgan fingerprint density at radius 3 is 2.52 bits per heavy atom. The van der Waals surface area contributed by atoms with Crippen LogP contribution in [0.15, 0.2) is 47.6 Å². The van der Waals surface area contributed by atoms with Gasteiger partial charge in [0.05, 0.1) is 6.21 Å². The van der Waals surface area contributed by atoms with E-state index in [2.05, 4.69) is 31.2 Å². The Labute approximate surface area is 147 Å². The van der Waals surface area contributed by atoms with Gasteiger partial charge in [0, 0.05) is 5.69 Å². The zero-order valence-corrected chi connectivity index (χ0v) is 15.0. The molecule has 25 heavy (non-hydrogen) atoms. The van der Waals surface area contributed by atoms with Crippen LogP contribution in [0.1, 0.15) is 37.5 Å². The molecule has 0 fully saturated rings. The third-order valence-corrected chi connectivity index (χ3v) is 3.72. The van der Waals surface area contributed by atoms with Gasteiger partial charge in [0.1, 0.15) is 5.82 Å². The fraction of sp³-hybridized carbons (Fsp3) is 0.300. The quantitative estimate of drug-likeness (QED) is 0.646. The number of carbonyl (C=O) groups excluding carboxylic acids is 1. The van der Waals surface area contributed by atoms with E-state index in [0.29, 0.717) is 5.69 Å². The Kier molecular flexibility index (Phi) is 5.91. The molecule has 0 atom stereocenters. The molecule has 132 valence electrons. The first kappa shape index (κ1) is 18.6. The molecular weight excluding hydrogens is 319 g/mol. The summed E-state index contributed by atoms with van der Waals surface area (Å²) in [4.78, 5) is 16.8. The summed E-state index contributed by atoms with van der Waals surface area (Å²) in [6.45, 7) is 8.00. The predicted octanol–water partition coefficient (Wildman–Crippen LogP) is 4.42. The molecule has 4 nitrogen and oxygen atoms in total. The Balaban J connectivity index is 1.84. The number of nitrogens with zero attached hydrogens (tertiary/aromatic N) is 1. The van der Waals surface area contributed by atoms with Gasteiger partial charge in [-0.05, 0) is 41.2 Å². The second-order valence-corrected chi connectivity index (χ2v) is 6.89. The molecule has 0 aliphatic heterocycles. The molecule has 0 aliphatic carbocycles. The van der Waals surface area contributed by atoms with Gasteiger partial charge < -0.3 is 10.2 Å². The zero-order chi connectivity index (χ0) is 18.4. The minimum atomic E-state index is -0.404. The van der Waals surface area contributed by atoms with Crippen molar-refractivity contribution in [2.75, 3.05) is 11.9 Å². The number of benzene rings is 2. The van der Waals surface area contributed by atoms with Gasteiger partial charge in [0.15, 0.2) is 6.61 Å². The molecule has 0 saturated carbocycles. The van der Waals surface area contributed by atoms with Gasteiger partial charge in [-0.25, -0.2) is 4.39 Å². The van der Waals surface area contributed by atoms with Gasteiger partial charge in [-0.2, -0.15) is 0 Å². The summed E-state index contributed by atoms with van der Waals surface area (Å²) in [5, 5.41) is 6.39. The average Bonchev–Trinajstić information content (AvgIpc) is 2.55. The Morgan fingerprint density at radius 1 is 1.20 bits per heavy atom. The molecule has 2 rings (SSSR count). The van der Waals surface area contributed by atoms with Crippen molar-refractivity contribution in [3.63, 3.8) is 0 Å². The van der Waals surface area contributed by atoms with Crippen molar-refractivity contribution in [1.82, 2.24) is 0 Å². The summed E-state index contributed by atoms with van der Waals surface area (Å²) in [6.07, 6.45) is 1.55. The van der Waals surface area contributed by atoms with E-state index in [-0.39, 0.29) is 12.0 Å². The van der Waals surface area contributed by atoms with E-state index in [0.717, 1.165) is 11.1 Å². The van der Waals surface area contributed by atoms with Gasteiger partial charge in [-0.1, -0.05) is 56.3 Å². The van der Waals surface area contributed by atoms with E-state index in [4.69, 9.17) is 4.84 Å². The van der Waals surface area contributed by atoms with Crippen LogP contribution in [0.25, 0.3) is 0 Å². The summed E-state index contributed by atoms with van der Waals surface area (Å²) in [5.41, 5.74) is 3.41. The first-order chi connectivity index (χ1) is 11.8. The highest BCUT2D eigenvalue weighted by Crippen LogP contribution is 2.21. The summed E-state index contributed by atoms with van der Waals surface area (Å²) in [6, 6.07) is 12.2. The highest BCUT2D eigenvalue weighted by molar-refractivity contribution is 5.92. The van der Waals surface area contributed by atoms with Crippen LogP contribution in [0.4, 0.5) is 10.1 Å². The van der Waals surface area contributed by atoms with E-state index < -0.39 is 11.7 Å². The van der Waals surface area contributed by atoms with Crippen LogP contribution in [0, 0.1) is 12.7 Å². The van der Waals surface area contributed by atoms with Crippen molar-refractivity contribution >= 4 is 17.8 Å². The van der Waals surface area contributed by atoms with E-state index in [9.17, 15) is 9.18 Å². The van der Waals surface area contributed by atoms with E-state index in [1.54, 1.807) is 19.2 Å². The van der Waals surface area contributed by atoms with E-state index >= 15 is 0 Å². The summed E-state index contributed by atoms with van der Waals surface area (Å²) in [5.74, 6) is -0.799. The normalized spacial score (nSPS) is 11.6. The van der Waals surface area contributed by atoms with Crippen molar-refractivity contribution in [2.24, 2.45) is 5.16 Å². The molecular formula is C20H23FN2O2. The molecule has 0 saturated heterocycles. The minimum absolute atomic E-state index is 0.0965. The smallest absolute Gasteiger partial charge is 0.265 e. The zero-order valence-electron chi connectivity index (χ0n) is 15.0. The second kappa shape index (κ2) is 7.92.